The molecular weight excluding hydrogens is 152 g/mol. The summed E-state index contributed by atoms with van der Waals surface area (Å²) in [6.45, 7) is 0. The lowest BCUT2D eigenvalue weighted by atomic mass is 10.2. The summed E-state index contributed by atoms with van der Waals surface area (Å²) in [5.41, 5.74) is 3.73. The summed E-state index contributed by atoms with van der Waals surface area (Å²) in [5, 5.41) is 3.88. The molecule has 64 valence electrons. The Bertz CT molecular complexity index is 254. The molecule has 0 aromatic heterocycles. The molecule has 0 aliphatic heterocycles. The Morgan fingerprint density at radius 3 is 2.50 bits per heavy atom. The minimum atomic E-state index is 0.858. The van der Waals surface area contributed by atoms with E-state index in [0.717, 1.165) is 11.3 Å². The van der Waals surface area contributed by atoms with Gasteiger partial charge in [0.05, 0.1) is 13.3 Å². The van der Waals surface area contributed by atoms with Gasteiger partial charge in [0, 0.05) is 7.05 Å². The van der Waals surface area contributed by atoms with Crippen molar-refractivity contribution >= 4 is 6.21 Å². The first-order valence-corrected chi connectivity index (χ1v) is 3.70. The molecule has 0 bridgehead atoms. The van der Waals surface area contributed by atoms with Crippen molar-refractivity contribution in [2.24, 2.45) is 5.10 Å². The number of rotatable bonds is 3. The highest BCUT2D eigenvalue weighted by atomic mass is 16.5. The number of hydrogen-bond acceptors (Lipinski definition) is 3. The van der Waals surface area contributed by atoms with Crippen LogP contribution in [0.1, 0.15) is 5.56 Å². The molecule has 1 rings (SSSR count). The van der Waals surface area contributed by atoms with E-state index in [1.807, 2.05) is 24.3 Å². The average molecular weight is 164 g/mol. The van der Waals surface area contributed by atoms with E-state index < -0.39 is 0 Å². The Kier molecular flexibility index (Phi) is 3.14. The molecular formula is C9H12N2O. The number of methoxy groups -OCH3 is 1. The second kappa shape index (κ2) is 4.38. The van der Waals surface area contributed by atoms with Gasteiger partial charge < -0.3 is 10.2 Å². The SMILES string of the molecule is CN/N=C/c1ccc(OC)cc1. The Hall–Kier alpha value is -1.51. The van der Waals surface area contributed by atoms with Gasteiger partial charge in [-0.25, -0.2) is 0 Å². The first kappa shape index (κ1) is 8.59. The largest absolute Gasteiger partial charge is 0.497 e. The van der Waals surface area contributed by atoms with Crippen molar-refractivity contribution in [1.82, 2.24) is 5.43 Å². The van der Waals surface area contributed by atoms with E-state index in [4.69, 9.17) is 4.74 Å². The molecule has 0 unspecified atom stereocenters. The highest BCUT2D eigenvalue weighted by Crippen LogP contribution is 2.09. The van der Waals surface area contributed by atoms with Crippen LogP contribution in [0.25, 0.3) is 0 Å². The van der Waals surface area contributed by atoms with Crippen molar-refractivity contribution < 1.29 is 4.74 Å². The molecule has 0 saturated carbocycles. The summed E-state index contributed by atoms with van der Waals surface area (Å²) in [6, 6.07) is 7.69. The first-order chi connectivity index (χ1) is 5.86. The fraction of sp³-hybridized carbons (Fsp3) is 0.222. The average Bonchev–Trinajstić information content (AvgIpc) is 2.15. The zero-order valence-corrected chi connectivity index (χ0v) is 7.24. The third kappa shape index (κ3) is 2.27. The van der Waals surface area contributed by atoms with Crippen LogP contribution < -0.4 is 10.2 Å². The third-order valence-corrected chi connectivity index (χ3v) is 1.46. The summed E-state index contributed by atoms with van der Waals surface area (Å²) in [5.74, 6) is 0.858. The lowest BCUT2D eigenvalue weighted by molar-refractivity contribution is 0.415. The number of nitrogens with zero attached hydrogens (tertiary/aromatic N) is 1. The molecule has 0 aliphatic rings. The van der Waals surface area contributed by atoms with Crippen LogP contribution in [0.5, 0.6) is 5.75 Å². The molecule has 1 aromatic carbocycles. The van der Waals surface area contributed by atoms with Crippen molar-refractivity contribution in [3.05, 3.63) is 29.8 Å². The lowest BCUT2D eigenvalue weighted by Gasteiger charge is -1.98. The Morgan fingerprint density at radius 1 is 1.33 bits per heavy atom. The predicted molar refractivity (Wildman–Crippen MR) is 49.6 cm³/mol. The van der Waals surface area contributed by atoms with Gasteiger partial charge in [-0.2, -0.15) is 5.10 Å². The van der Waals surface area contributed by atoms with Crippen LogP contribution in [0.4, 0.5) is 0 Å². The number of nitrogens with one attached hydrogen (secondary N) is 1. The van der Waals surface area contributed by atoms with Crippen LogP contribution in [0.3, 0.4) is 0 Å². The van der Waals surface area contributed by atoms with Gasteiger partial charge in [0.25, 0.3) is 0 Å². The summed E-state index contributed by atoms with van der Waals surface area (Å²) >= 11 is 0. The van der Waals surface area contributed by atoms with Crippen molar-refractivity contribution in [2.75, 3.05) is 14.2 Å². The fourth-order valence-corrected chi connectivity index (χ4v) is 0.829. The summed E-state index contributed by atoms with van der Waals surface area (Å²) in [7, 11) is 3.41. The van der Waals surface area contributed by atoms with E-state index in [1.54, 1.807) is 20.4 Å². The standard InChI is InChI=1S/C9H12N2O/c1-10-11-7-8-3-5-9(12-2)6-4-8/h3-7,10H,1-2H3/b11-7+. The summed E-state index contributed by atoms with van der Waals surface area (Å²) in [6.07, 6.45) is 1.75. The number of ether oxygens (including phenoxy) is 1. The molecule has 1 N–H and O–H groups in total. The molecule has 3 heteroatoms. The normalized spacial score (nSPS) is 10.2. The van der Waals surface area contributed by atoms with E-state index in [1.165, 1.54) is 0 Å². The maximum absolute atomic E-state index is 5.01. The minimum Gasteiger partial charge on any atom is -0.497 e. The van der Waals surface area contributed by atoms with Crippen molar-refractivity contribution in [2.45, 2.75) is 0 Å². The fourth-order valence-electron chi connectivity index (χ4n) is 0.829. The van der Waals surface area contributed by atoms with Crippen LogP contribution in [-0.2, 0) is 0 Å². The molecule has 12 heavy (non-hydrogen) atoms. The van der Waals surface area contributed by atoms with Crippen LogP contribution in [0, 0.1) is 0 Å². The van der Waals surface area contributed by atoms with Gasteiger partial charge in [0.15, 0.2) is 0 Å². The molecule has 0 amide bonds. The molecule has 1 aromatic rings. The summed E-state index contributed by atoms with van der Waals surface area (Å²) < 4.78 is 5.01. The smallest absolute Gasteiger partial charge is 0.118 e. The third-order valence-electron chi connectivity index (χ3n) is 1.46. The second-order valence-electron chi connectivity index (χ2n) is 2.25. The van der Waals surface area contributed by atoms with E-state index in [-0.39, 0.29) is 0 Å². The van der Waals surface area contributed by atoms with Crippen LogP contribution in [0.15, 0.2) is 29.4 Å². The highest BCUT2D eigenvalue weighted by molar-refractivity contribution is 5.79. The van der Waals surface area contributed by atoms with Crippen molar-refractivity contribution in [3.8, 4) is 5.75 Å². The second-order valence-corrected chi connectivity index (χ2v) is 2.25. The van der Waals surface area contributed by atoms with Gasteiger partial charge in [-0.05, 0) is 29.8 Å². The van der Waals surface area contributed by atoms with E-state index in [0.29, 0.717) is 0 Å². The molecule has 0 aliphatic carbocycles. The monoisotopic (exact) mass is 164 g/mol. The van der Waals surface area contributed by atoms with Gasteiger partial charge >= 0.3 is 0 Å². The number of hydrogen-bond donors (Lipinski definition) is 1. The van der Waals surface area contributed by atoms with E-state index >= 15 is 0 Å². The van der Waals surface area contributed by atoms with Crippen LogP contribution >= 0.6 is 0 Å². The zero-order valence-electron chi connectivity index (χ0n) is 7.24. The van der Waals surface area contributed by atoms with Crippen LogP contribution in [-0.4, -0.2) is 20.4 Å². The van der Waals surface area contributed by atoms with Gasteiger partial charge in [-0.1, -0.05) is 0 Å². The molecule has 0 saturated heterocycles. The number of benzene rings is 1. The van der Waals surface area contributed by atoms with Crippen molar-refractivity contribution in [3.63, 3.8) is 0 Å². The Balaban J connectivity index is 2.71. The van der Waals surface area contributed by atoms with E-state index in [2.05, 4.69) is 10.5 Å². The van der Waals surface area contributed by atoms with E-state index in [9.17, 15) is 0 Å². The number of hydrazone groups is 1. The zero-order chi connectivity index (χ0) is 8.81. The minimum absolute atomic E-state index is 0.858. The first-order valence-electron chi connectivity index (χ1n) is 3.70. The van der Waals surface area contributed by atoms with Gasteiger partial charge in [0.2, 0.25) is 0 Å². The van der Waals surface area contributed by atoms with Crippen molar-refractivity contribution in [1.29, 1.82) is 0 Å². The van der Waals surface area contributed by atoms with Crippen LogP contribution in [0.2, 0.25) is 0 Å². The van der Waals surface area contributed by atoms with Gasteiger partial charge in [0.1, 0.15) is 5.75 Å². The molecule has 0 spiro atoms. The molecule has 0 heterocycles. The Morgan fingerprint density at radius 2 is 2.00 bits per heavy atom. The molecule has 0 fully saturated rings. The molecule has 0 radical (unpaired) electrons. The summed E-state index contributed by atoms with van der Waals surface area (Å²) in [4.78, 5) is 0. The molecule has 0 atom stereocenters. The lowest BCUT2D eigenvalue weighted by Crippen LogP contribution is -1.94. The highest BCUT2D eigenvalue weighted by Gasteiger charge is 1.89. The van der Waals surface area contributed by atoms with Gasteiger partial charge in [-0.15, -0.1) is 0 Å². The Labute approximate surface area is 72.1 Å². The predicted octanol–water partition coefficient (Wildman–Crippen LogP) is 1.25. The molecule has 3 nitrogen and oxygen atoms in total. The quantitative estimate of drug-likeness (QED) is 0.538. The maximum atomic E-state index is 5.01. The van der Waals surface area contributed by atoms with Gasteiger partial charge in [-0.3, -0.25) is 0 Å². The topological polar surface area (TPSA) is 33.6 Å². The maximum Gasteiger partial charge on any atom is 0.118 e.